The molecule has 0 saturated carbocycles. The number of nitriles is 1. The number of hydrogen-bond acceptors (Lipinski definition) is 7. The smallest absolute Gasteiger partial charge is 0.331 e. The molecule has 3 heterocycles. The van der Waals surface area contributed by atoms with E-state index in [2.05, 4.69) is 23.2 Å². The Morgan fingerprint density at radius 1 is 1.23 bits per heavy atom. The molecular weight excluding hydrogens is 498 g/mol. The van der Waals surface area contributed by atoms with Gasteiger partial charge in [0.15, 0.2) is 0 Å². The molecule has 0 spiro atoms. The molecule has 0 bridgehead atoms. The van der Waals surface area contributed by atoms with E-state index in [1.807, 2.05) is 4.90 Å². The number of piperidine rings is 1. The van der Waals surface area contributed by atoms with Crippen molar-refractivity contribution in [3.8, 4) is 17.9 Å². The first-order valence-electron chi connectivity index (χ1n) is 12.8. The first-order valence-corrected chi connectivity index (χ1v) is 12.8. The lowest BCUT2D eigenvalue weighted by molar-refractivity contribution is 0.0938. The van der Waals surface area contributed by atoms with Crippen molar-refractivity contribution in [3.63, 3.8) is 0 Å². The van der Waals surface area contributed by atoms with Crippen LogP contribution in [0.5, 0.6) is 0 Å². The van der Waals surface area contributed by atoms with Crippen LogP contribution in [0.2, 0.25) is 0 Å². The number of nitrogens with zero attached hydrogens (tertiary/aromatic N) is 5. The Balaban J connectivity index is 2.05. The van der Waals surface area contributed by atoms with E-state index < -0.39 is 17.2 Å². The van der Waals surface area contributed by atoms with E-state index in [9.17, 15) is 19.6 Å². The number of fused-ring (bicyclic) bond motifs is 1. The summed E-state index contributed by atoms with van der Waals surface area (Å²) in [5.74, 6) is 5.99. The number of methoxy groups -OCH3 is 1. The van der Waals surface area contributed by atoms with Gasteiger partial charge in [-0.1, -0.05) is 24.1 Å². The summed E-state index contributed by atoms with van der Waals surface area (Å²) in [6, 6.07) is 8.85. The highest BCUT2D eigenvalue weighted by atomic mass is 16.5. The van der Waals surface area contributed by atoms with Crippen LogP contribution in [0.3, 0.4) is 0 Å². The zero-order valence-electron chi connectivity index (χ0n) is 22.5. The van der Waals surface area contributed by atoms with E-state index in [0.717, 1.165) is 17.4 Å². The Bertz CT molecular complexity index is 1610. The van der Waals surface area contributed by atoms with Crippen LogP contribution in [0.15, 0.2) is 33.9 Å². The van der Waals surface area contributed by atoms with Crippen molar-refractivity contribution < 1.29 is 9.53 Å². The first-order chi connectivity index (χ1) is 18.8. The fourth-order valence-corrected chi connectivity index (χ4v) is 5.11. The van der Waals surface area contributed by atoms with Gasteiger partial charge in [-0.3, -0.25) is 18.7 Å². The fourth-order valence-electron chi connectivity index (χ4n) is 5.11. The lowest BCUT2D eigenvalue weighted by Crippen LogP contribution is -2.44. The zero-order valence-corrected chi connectivity index (χ0v) is 22.5. The number of aryl methyl sites for hydroxylation is 1. The van der Waals surface area contributed by atoms with Crippen LogP contribution < -0.4 is 27.2 Å². The molecule has 0 radical (unpaired) electrons. The average molecular weight is 532 g/mol. The highest BCUT2D eigenvalue weighted by molar-refractivity contribution is 6.11. The molecule has 0 aliphatic carbocycles. The van der Waals surface area contributed by atoms with Crippen molar-refractivity contribution in [2.75, 3.05) is 38.3 Å². The van der Waals surface area contributed by atoms with Gasteiger partial charge in [0.2, 0.25) is 0 Å². The van der Waals surface area contributed by atoms with Gasteiger partial charge in [-0.05, 0) is 31.4 Å². The summed E-state index contributed by atoms with van der Waals surface area (Å²) in [6.45, 7) is 3.45. The number of rotatable bonds is 8. The number of carbonyl (C=O) groups excluding carboxylic acids is 1. The molecule has 0 unspecified atom stereocenters. The third kappa shape index (κ3) is 5.32. The van der Waals surface area contributed by atoms with Crippen LogP contribution in [0.25, 0.3) is 11.0 Å². The Hall–Kier alpha value is -4.32. The third-order valence-corrected chi connectivity index (χ3v) is 6.97. The van der Waals surface area contributed by atoms with Crippen molar-refractivity contribution in [3.05, 3.63) is 61.8 Å². The maximum Gasteiger partial charge on any atom is 0.331 e. The summed E-state index contributed by atoms with van der Waals surface area (Å²) < 4.78 is 9.25. The number of anilines is 1. The van der Waals surface area contributed by atoms with Crippen molar-refractivity contribution in [2.45, 2.75) is 38.9 Å². The second-order valence-electron chi connectivity index (χ2n) is 9.51. The summed E-state index contributed by atoms with van der Waals surface area (Å²) in [5, 5.41) is 12.4. The number of hydrogen-bond donors (Lipinski definition) is 2. The van der Waals surface area contributed by atoms with Crippen molar-refractivity contribution in [1.29, 1.82) is 5.26 Å². The average Bonchev–Trinajstić information content (AvgIpc) is 3.28. The van der Waals surface area contributed by atoms with Gasteiger partial charge in [-0.25, -0.2) is 4.79 Å². The molecule has 11 nitrogen and oxygen atoms in total. The van der Waals surface area contributed by atoms with Crippen LogP contribution in [-0.2, 0) is 24.9 Å². The maximum atomic E-state index is 14.1. The number of benzene rings is 1. The number of amides is 1. The molecule has 2 aromatic heterocycles. The van der Waals surface area contributed by atoms with Gasteiger partial charge in [0.1, 0.15) is 16.9 Å². The molecule has 1 aliphatic heterocycles. The van der Waals surface area contributed by atoms with Gasteiger partial charge in [0, 0.05) is 39.8 Å². The highest BCUT2D eigenvalue weighted by Gasteiger charge is 2.32. The molecule has 204 valence electrons. The minimum absolute atomic E-state index is 0.0882. The molecule has 1 aromatic carbocycles. The minimum Gasteiger partial charge on any atom is -0.383 e. The number of nitrogens with two attached hydrogens (primary N) is 1. The van der Waals surface area contributed by atoms with Crippen LogP contribution in [-0.4, -0.2) is 59.0 Å². The van der Waals surface area contributed by atoms with Gasteiger partial charge in [0.05, 0.1) is 36.8 Å². The van der Waals surface area contributed by atoms with Crippen molar-refractivity contribution in [2.24, 2.45) is 12.8 Å². The predicted molar refractivity (Wildman–Crippen MR) is 149 cm³/mol. The number of nitrogens with one attached hydrogen (secondary N) is 1. The molecule has 39 heavy (non-hydrogen) atoms. The molecule has 11 heteroatoms. The largest absolute Gasteiger partial charge is 0.383 e. The Morgan fingerprint density at radius 3 is 2.69 bits per heavy atom. The summed E-state index contributed by atoms with van der Waals surface area (Å²) in [4.78, 5) is 43.4. The molecule has 4 rings (SSSR count). The van der Waals surface area contributed by atoms with Crippen LogP contribution in [0.4, 0.5) is 5.82 Å². The van der Waals surface area contributed by atoms with Crippen molar-refractivity contribution in [1.82, 2.24) is 19.0 Å². The summed E-state index contributed by atoms with van der Waals surface area (Å²) in [7, 11) is 3.09. The molecule has 1 atom stereocenters. The quantitative estimate of drug-likeness (QED) is 0.323. The summed E-state index contributed by atoms with van der Waals surface area (Å²) in [6.07, 6.45) is 1.67. The summed E-state index contributed by atoms with van der Waals surface area (Å²) >= 11 is 0. The normalized spacial score (nSPS) is 15.1. The van der Waals surface area contributed by atoms with Crippen LogP contribution in [0.1, 0.15) is 41.3 Å². The lowest BCUT2D eigenvalue weighted by atomic mass is 10.1. The summed E-state index contributed by atoms with van der Waals surface area (Å²) in [5.41, 5.74) is 6.74. The molecule has 1 amide bonds. The predicted octanol–water partition coefficient (Wildman–Crippen LogP) is 0.749. The Kier molecular flexibility index (Phi) is 8.55. The molecule has 1 fully saturated rings. The first kappa shape index (κ1) is 27.7. The zero-order chi connectivity index (χ0) is 28.1. The molecule has 3 N–H and O–H groups in total. The second kappa shape index (κ2) is 12.0. The molecular formula is C28H33N7O4. The minimum atomic E-state index is -0.591. The van der Waals surface area contributed by atoms with E-state index in [4.69, 9.17) is 10.5 Å². The Morgan fingerprint density at radius 2 is 2.00 bits per heavy atom. The van der Waals surface area contributed by atoms with Gasteiger partial charge >= 0.3 is 5.69 Å². The molecule has 1 saturated heterocycles. The van der Waals surface area contributed by atoms with Crippen LogP contribution >= 0.6 is 0 Å². The third-order valence-electron chi connectivity index (χ3n) is 6.97. The molecule has 3 aromatic rings. The fraction of sp³-hybridized carbons (Fsp3) is 0.429. The monoisotopic (exact) mass is 531 g/mol. The highest BCUT2D eigenvalue weighted by Crippen LogP contribution is 2.32. The van der Waals surface area contributed by atoms with E-state index in [-0.39, 0.29) is 42.3 Å². The number of carbonyl (C=O) groups is 1. The van der Waals surface area contributed by atoms with E-state index in [0.29, 0.717) is 36.6 Å². The SMILES string of the molecule is CC#CCn1c(N2CCC[C@@H](N)C2)c(C(=O)NCCOC)c2c1c(=O)n(Cc1ccccc1C#N)c(=O)n2C. The molecule has 1 aliphatic rings. The second-order valence-corrected chi connectivity index (χ2v) is 9.51. The Labute approximate surface area is 226 Å². The number of aromatic nitrogens is 3. The topological polar surface area (TPSA) is 140 Å². The van der Waals surface area contributed by atoms with E-state index in [1.165, 1.54) is 4.57 Å². The van der Waals surface area contributed by atoms with Crippen LogP contribution in [0, 0.1) is 23.2 Å². The lowest BCUT2D eigenvalue weighted by Gasteiger charge is -2.33. The van der Waals surface area contributed by atoms with Gasteiger partial charge in [-0.2, -0.15) is 5.26 Å². The van der Waals surface area contributed by atoms with Gasteiger partial charge in [0.25, 0.3) is 11.5 Å². The van der Waals surface area contributed by atoms with E-state index in [1.54, 1.807) is 49.9 Å². The van der Waals surface area contributed by atoms with Gasteiger partial charge in [-0.15, -0.1) is 5.92 Å². The standard InChI is InChI=1S/C28H33N7O4/c1-4-5-14-34-24-23(22(25(36)31-12-15-39-3)26(34)33-13-8-11-21(30)18-33)32(2)28(38)35(27(24)37)17-20-10-7-6-9-19(20)16-29/h6-7,9-10,21H,8,11-15,17-18,30H2,1-3H3,(H,31,36)/t21-/m1/s1. The number of ether oxygens (including phenoxy) is 1. The van der Waals surface area contributed by atoms with Crippen molar-refractivity contribution >= 4 is 22.8 Å². The maximum absolute atomic E-state index is 14.1. The van der Waals surface area contributed by atoms with E-state index >= 15 is 0 Å². The van der Waals surface area contributed by atoms with Gasteiger partial charge < -0.3 is 25.3 Å².